The number of carbonyl (C=O) groups is 2. The van der Waals surface area contributed by atoms with Crippen molar-refractivity contribution in [2.24, 2.45) is 11.8 Å². The summed E-state index contributed by atoms with van der Waals surface area (Å²) < 4.78 is 10.4. The van der Waals surface area contributed by atoms with Crippen LogP contribution in [0.5, 0.6) is 5.75 Å². The highest BCUT2D eigenvalue weighted by Crippen LogP contribution is 2.29. The summed E-state index contributed by atoms with van der Waals surface area (Å²) in [7, 11) is 1.62. The molecule has 0 aliphatic heterocycles. The monoisotopic (exact) mass is 361 g/mol. The zero-order chi connectivity index (χ0) is 19.1. The van der Waals surface area contributed by atoms with Crippen LogP contribution in [0.1, 0.15) is 52.0 Å². The second-order valence-electron chi connectivity index (χ2n) is 7.36. The summed E-state index contributed by atoms with van der Waals surface area (Å²) in [6.45, 7) is 6.05. The number of esters is 1. The molecule has 1 aromatic rings. The molecule has 2 rings (SSSR count). The number of methoxy groups -OCH3 is 1. The number of hydrogen-bond acceptors (Lipinski definition) is 4. The molecule has 1 amide bonds. The highest BCUT2D eigenvalue weighted by atomic mass is 16.5. The molecular formula is C21H31NO4. The lowest BCUT2D eigenvalue weighted by Gasteiger charge is -2.35. The minimum Gasteiger partial charge on any atom is -0.497 e. The third-order valence-corrected chi connectivity index (χ3v) is 5.49. The van der Waals surface area contributed by atoms with Crippen LogP contribution in [0.2, 0.25) is 0 Å². The average Bonchev–Trinajstić information content (AvgIpc) is 2.64. The molecule has 1 fully saturated rings. The van der Waals surface area contributed by atoms with E-state index in [4.69, 9.17) is 9.47 Å². The topological polar surface area (TPSA) is 64.6 Å². The Bertz CT molecular complexity index is 599. The quantitative estimate of drug-likeness (QED) is 0.755. The van der Waals surface area contributed by atoms with Crippen LogP contribution in [0.4, 0.5) is 0 Å². The van der Waals surface area contributed by atoms with Gasteiger partial charge in [0.25, 0.3) is 5.91 Å². The number of rotatable bonds is 7. The Morgan fingerprint density at radius 2 is 1.88 bits per heavy atom. The number of hydrogen-bond donors (Lipinski definition) is 1. The minimum absolute atomic E-state index is 0.173. The van der Waals surface area contributed by atoms with Crippen LogP contribution in [-0.4, -0.2) is 31.1 Å². The SMILES string of the molecule is COc1ccc(CCC(=O)O[C@H](C)C(=O)N[C@@H]2CCC[C@H](C)[C@H]2C)cc1. The van der Waals surface area contributed by atoms with Gasteiger partial charge in [-0.2, -0.15) is 0 Å². The lowest BCUT2D eigenvalue weighted by Crippen LogP contribution is -2.47. The summed E-state index contributed by atoms with van der Waals surface area (Å²) in [6.07, 6.45) is 3.41. The summed E-state index contributed by atoms with van der Waals surface area (Å²) >= 11 is 0. The molecule has 0 radical (unpaired) electrons. The number of benzene rings is 1. The largest absolute Gasteiger partial charge is 0.497 e. The van der Waals surface area contributed by atoms with Gasteiger partial charge in [-0.3, -0.25) is 9.59 Å². The van der Waals surface area contributed by atoms with Crippen LogP contribution in [0, 0.1) is 11.8 Å². The predicted octanol–water partition coefficient (Wildman–Crippen LogP) is 3.50. The van der Waals surface area contributed by atoms with E-state index in [-0.39, 0.29) is 24.3 Å². The maximum Gasteiger partial charge on any atom is 0.306 e. The van der Waals surface area contributed by atoms with Gasteiger partial charge in [0.05, 0.1) is 7.11 Å². The van der Waals surface area contributed by atoms with Crippen molar-refractivity contribution < 1.29 is 19.1 Å². The molecule has 5 nitrogen and oxygen atoms in total. The molecular weight excluding hydrogens is 330 g/mol. The van der Waals surface area contributed by atoms with Crippen molar-refractivity contribution in [1.82, 2.24) is 5.32 Å². The molecule has 0 heterocycles. The Morgan fingerprint density at radius 3 is 2.54 bits per heavy atom. The van der Waals surface area contributed by atoms with Crippen molar-refractivity contribution >= 4 is 11.9 Å². The van der Waals surface area contributed by atoms with E-state index in [9.17, 15) is 9.59 Å². The standard InChI is InChI=1S/C21H31NO4/c1-14-6-5-7-19(15(14)2)22-21(24)16(3)26-20(23)13-10-17-8-11-18(25-4)12-9-17/h8-9,11-12,14-16,19H,5-7,10,13H2,1-4H3,(H,22,24)/t14-,15+,16+,19+/m0/s1. The first kappa shape index (κ1) is 20.3. The summed E-state index contributed by atoms with van der Waals surface area (Å²) in [5.74, 6) is 1.29. The van der Waals surface area contributed by atoms with Gasteiger partial charge in [-0.1, -0.05) is 38.8 Å². The molecule has 0 bridgehead atoms. The number of carbonyl (C=O) groups excluding carboxylic acids is 2. The molecule has 5 heteroatoms. The van der Waals surface area contributed by atoms with Crippen molar-refractivity contribution in [2.75, 3.05) is 7.11 Å². The third kappa shape index (κ3) is 5.75. The fraction of sp³-hybridized carbons (Fsp3) is 0.619. The lowest BCUT2D eigenvalue weighted by atomic mass is 9.78. The second kappa shape index (κ2) is 9.60. The molecule has 0 unspecified atom stereocenters. The van der Waals surface area contributed by atoms with Gasteiger partial charge in [0.15, 0.2) is 6.10 Å². The molecule has 0 spiro atoms. The molecule has 0 saturated heterocycles. The summed E-state index contributed by atoms with van der Waals surface area (Å²) in [5.41, 5.74) is 1.03. The van der Waals surface area contributed by atoms with Crippen molar-refractivity contribution in [1.29, 1.82) is 0 Å². The number of aryl methyl sites for hydroxylation is 1. The van der Waals surface area contributed by atoms with Gasteiger partial charge in [-0.25, -0.2) is 0 Å². The van der Waals surface area contributed by atoms with Crippen molar-refractivity contribution in [2.45, 2.75) is 65.0 Å². The van der Waals surface area contributed by atoms with E-state index in [1.807, 2.05) is 24.3 Å². The number of nitrogens with one attached hydrogen (secondary N) is 1. The van der Waals surface area contributed by atoms with Gasteiger partial charge >= 0.3 is 5.97 Å². The van der Waals surface area contributed by atoms with Crippen molar-refractivity contribution in [3.63, 3.8) is 0 Å². The zero-order valence-corrected chi connectivity index (χ0v) is 16.3. The Hall–Kier alpha value is -2.04. The molecule has 1 N–H and O–H groups in total. The van der Waals surface area contributed by atoms with Crippen LogP contribution in [0.15, 0.2) is 24.3 Å². The predicted molar refractivity (Wildman–Crippen MR) is 101 cm³/mol. The molecule has 4 atom stereocenters. The first-order valence-corrected chi connectivity index (χ1v) is 9.53. The summed E-state index contributed by atoms with van der Waals surface area (Å²) in [6, 6.07) is 7.75. The van der Waals surface area contributed by atoms with E-state index in [0.717, 1.165) is 24.2 Å². The van der Waals surface area contributed by atoms with E-state index in [0.29, 0.717) is 18.3 Å². The fourth-order valence-corrected chi connectivity index (χ4v) is 3.43. The van der Waals surface area contributed by atoms with Gasteiger partial charge < -0.3 is 14.8 Å². The van der Waals surface area contributed by atoms with Crippen molar-refractivity contribution in [3.8, 4) is 5.75 Å². The maximum atomic E-state index is 12.3. The highest BCUT2D eigenvalue weighted by molar-refractivity contribution is 5.83. The second-order valence-corrected chi connectivity index (χ2v) is 7.36. The minimum atomic E-state index is -0.761. The van der Waals surface area contributed by atoms with Gasteiger partial charge in [-0.15, -0.1) is 0 Å². The average molecular weight is 361 g/mol. The smallest absolute Gasteiger partial charge is 0.306 e. The van der Waals surface area contributed by atoms with Gasteiger partial charge in [0.2, 0.25) is 0 Å². The zero-order valence-electron chi connectivity index (χ0n) is 16.3. The molecule has 144 valence electrons. The normalized spacial score (nSPS) is 23.8. The number of amides is 1. The van der Waals surface area contributed by atoms with Crippen LogP contribution in [-0.2, 0) is 20.7 Å². The van der Waals surface area contributed by atoms with Gasteiger partial charge in [-0.05, 0) is 49.3 Å². The molecule has 1 saturated carbocycles. The number of ether oxygens (including phenoxy) is 2. The maximum absolute atomic E-state index is 12.3. The van der Waals surface area contributed by atoms with Crippen LogP contribution in [0.25, 0.3) is 0 Å². The van der Waals surface area contributed by atoms with Crippen molar-refractivity contribution in [3.05, 3.63) is 29.8 Å². The fourth-order valence-electron chi connectivity index (χ4n) is 3.43. The van der Waals surface area contributed by atoms with E-state index >= 15 is 0 Å². The van der Waals surface area contributed by atoms with E-state index in [2.05, 4.69) is 19.2 Å². The third-order valence-electron chi connectivity index (χ3n) is 5.49. The lowest BCUT2D eigenvalue weighted by molar-refractivity contribution is -0.155. The Labute approximate surface area is 156 Å². The van der Waals surface area contributed by atoms with Gasteiger partial charge in [0.1, 0.15) is 5.75 Å². The molecule has 26 heavy (non-hydrogen) atoms. The Balaban J connectivity index is 1.75. The van der Waals surface area contributed by atoms with Crippen LogP contribution >= 0.6 is 0 Å². The van der Waals surface area contributed by atoms with E-state index in [1.54, 1.807) is 14.0 Å². The van der Waals surface area contributed by atoms with Crippen LogP contribution < -0.4 is 10.1 Å². The first-order valence-electron chi connectivity index (χ1n) is 9.53. The van der Waals surface area contributed by atoms with E-state index < -0.39 is 6.10 Å². The first-order chi connectivity index (χ1) is 12.4. The Kier molecular flexibility index (Phi) is 7.49. The highest BCUT2D eigenvalue weighted by Gasteiger charge is 2.30. The molecule has 0 aromatic heterocycles. The van der Waals surface area contributed by atoms with Crippen LogP contribution in [0.3, 0.4) is 0 Å². The summed E-state index contributed by atoms with van der Waals surface area (Å²) in [5, 5.41) is 3.06. The van der Waals surface area contributed by atoms with Gasteiger partial charge in [0, 0.05) is 12.5 Å². The Morgan fingerprint density at radius 1 is 1.19 bits per heavy atom. The summed E-state index contributed by atoms with van der Waals surface area (Å²) in [4.78, 5) is 24.4. The molecule has 1 aliphatic rings. The molecule has 1 aliphatic carbocycles. The molecule has 1 aromatic carbocycles. The van der Waals surface area contributed by atoms with E-state index in [1.165, 1.54) is 6.42 Å².